The molecule has 0 saturated carbocycles. The van der Waals surface area contributed by atoms with E-state index in [1.165, 1.54) is 18.2 Å². The second-order valence-corrected chi connectivity index (χ2v) is 7.50. The number of carbonyl (C=O) groups excluding carboxylic acids is 1. The van der Waals surface area contributed by atoms with Crippen LogP contribution in [0.4, 0.5) is 16.3 Å². The van der Waals surface area contributed by atoms with E-state index in [2.05, 4.69) is 20.7 Å². The first-order chi connectivity index (χ1) is 16.2. The summed E-state index contributed by atoms with van der Waals surface area (Å²) >= 11 is 0. The highest BCUT2D eigenvalue weighted by atomic mass is 19.1. The molecule has 33 heavy (non-hydrogen) atoms. The molecule has 0 aliphatic carbocycles. The first kappa shape index (κ1) is 20.4. The number of nitrogens with one attached hydrogen (secondary N) is 2. The van der Waals surface area contributed by atoms with Crippen molar-refractivity contribution in [1.82, 2.24) is 14.8 Å². The molecule has 1 aliphatic rings. The van der Waals surface area contributed by atoms with Crippen molar-refractivity contribution in [2.45, 2.75) is 6.04 Å². The summed E-state index contributed by atoms with van der Waals surface area (Å²) in [7, 11) is 0. The molecule has 0 saturated heterocycles. The SMILES string of the molecule is O=C(/C=C/c1ccccc1)Nc1nc2n(n1)C(c1ccc(F)cc1)C=C(c1ccccc1)N2. The standard InChI is InChI=1S/C26H20FN5O/c27-21-14-12-20(13-15-21)23-17-22(19-9-5-2-6-10-19)28-26-30-25(31-32(23)26)29-24(33)16-11-18-7-3-1-4-8-18/h1-17,23H,(H2,28,29,30,31,33)/b16-11+. The monoisotopic (exact) mass is 437 g/mol. The number of anilines is 2. The van der Waals surface area contributed by atoms with Crippen LogP contribution in [0.25, 0.3) is 11.8 Å². The summed E-state index contributed by atoms with van der Waals surface area (Å²) in [6.45, 7) is 0. The van der Waals surface area contributed by atoms with Crippen LogP contribution < -0.4 is 10.6 Å². The zero-order valence-corrected chi connectivity index (χ0v) is 17.5. The number of hydrogen-bond acceptors (Lipinski definition) is 4. The largest absolute Gasteiger partial charge is 0.324 e. The zero-order valence-electron chi connectivity index (χ0n) is 17.5. The van der Waals surface area contributed by atoms with Crippen LogP contribution in [0.2, 0.25) is 0 Å². The van der Waals surface area contributed by atoms with Gasteiger partial charge in [-0.2, -0.15) is 4.98 Å². The fraction of sp³-hybridized carbons (Fsp3) is 0.0385. The maximum atomic E-state index is 13.5. The fourth-order valence-electron chi connectivity index (χ4n) is 3.62. The molecule has 2 N–H and O–H groups in total. The number of fused-ring (bicyclic) bond motifs is 1. The molecule has 2 heterocycles. The van der Waals surface area contributed by atoms with E-state index in [1.807, 2.05) is 66.7 Å². The second-order valence-electron chi connectivity index (χ2n) is 7.50. The van der Waals surface area contributed by atoms with E-state index in [9.17, 15) is 9.18 Å². The maximum absolute atomic E-state index is 13.5. The van der Waals surface area contributed by atoms with Crippen LogP contribution in [0.1, 0.15) is 22.7 Å². The fourth-order valence-corrected chi connectivity index (χ4v) is 3.62. The van der Waals surface area contributed by atoms with Crippen molar-refractivity contribution < 1.29 is 9.18 Å². The predicted molar refractivity (Wildman–Crippen MR) is 127 cm³/mol. The topological polar surface area (TPSA) is 71.8 Å². The van der Waals surface area contributed by atoms with Crippen molar-refractivity contribution in [3.05, 3.63) is 120 Å². The molecular weight excluding hydrogens is 417 g/mol. The number of nitrogens with zero attached hydrogens (tertiary/aromatic N) is 3. The van der Waals surface area contributed by atoms with Crippen LogP contribution in [-0.4, -0.2) is 20.7 Å². The molecule has 4 aromatic rings. The van der Waals surface area contributed by atoms with Gasteiger partial charge in [-0.3, -0.25) is 10.1 Å². The Bertz CT molecular complexity index is 1330. The molecule has 7 heteroatoms. The second kappa shape index (κ2) is 8.92. The predicted octanol–water partition coefficient (Wildman–Crippen LogP) is 5.13. The van der Waals surface area contributed by atoms with Gasteiger partial charge in [0.05, 0.1) is 0 Å². The molecule has 0 spiro atoms. The van der Waals surface area contributed by atoms with Gasteiger partial charge in [-0.25, -0.2) is 9.07 Å². The van der Waals surface area contributed by atoms with Gasteiger partial charge in [-0.1, -0.05) is 72.8 Å². The van der Waals surface area contributed by atoms with E-state index in [1.54, 1.807) is 22.9 Å². The Morgan fingerprint density at radius 3 is 2.39 bits per heavy atom. The van der Waals surface area contributed by atoms with E-state index < -0.39 is 0 Å². The van der Waals surface area contributed by atoms with Gasteiger partial charge in [-0.15, -0.1) is 5.10 Å². The summed E-state index contributed by atoms with van der Waals surface area (Å²) < 4.78 is 15.2. The third-order valence-electron chi connectivity index (χ3n) is 5.22. The number of aromatic nitrogens is 3. The molecule has 1 aromatic heterocycles. The Hall–Kier alpha value is -4.52. The summed E-state index contributed by atoms with van der Waals surface area (Å²) in [5.41, 5.74) is 3.60. The number of amides is 1. The molecule has 1 amide bonds. The van der Waals surface area contributed by atoms with Crippen molar-refractivity contribution in [3.63, 3.8) is 0 Å². The smallest absolute Gasteiger partial charge is 0.250 e. The zero-order chi connectivity index (χ0) is 22.6. The molecule has 1 atom stereocenters. The van der Waals surface area contributed by atoms with Gasteiger partial charge in [0, 0.05) is 11.8 Å². The lowest BCUT2D eigenvalue weighted by atomic mass is 10.0. The van der Waals surface area contributed by atoms with Crippen LogP contribution in [-0.2, 0) is 4.79 Å². The number of hydrogen-bond donors (Lipinski definition) is 2. The Balaban J connectivity index is 1.44. The van der Waals surface area contributed by atoms with Gasteiger partial charge in [-0.05, 0) is 41.0 Å². The number of halogens is 1. The summed E-state index contributed by atoms with van der Waals surface area (Å²) in [5, 5.41) is 10.5. The molecule has 162 valence electrons. The Morgan fingerprint density at radius 2 is 1.67 bits per heavy atom. The highest BCUT2D eigenvalue weighted by Gasteiger charge is 2.25. The summed E-state index contributed by atoms with van der Waals surface area (Å²) in [6.07, 6.45) is 5.17. The number of benzene rings is 3. The van der Waals surface area contributed by atoms with Gasteiger partial charge in [0.15, 0.2) is 0 Å². The van der Waals surface area contributed by atoms with E-state index in [-0.39, 0.29) is 23.7 Å². The maximum Gasteiger partial charge on any atom is 0.250 e. The molecule has 1 aliphatic heterocycles. The molecular formula is C26H20FN5O. The van der Waals surface area contributed by atoms with Gasteiger partial charge >= 0.3 is 0 Å². The van der Waals surface area contributed by atoms with E-state index in [0.29, 0.717) is 5.95 Å². The number of carbonyl (C=O) groups is 1. The number of rotatable bonds is 5. The van der Waals surface area contributed by atoms with E-state index >= 15 is 0 Å². The molecule has 0 bridgehead atoms. The minimum atomic E-state index is -0.337. The lowest BCUT2D eigenvalue weighted by Crippen LogP contribution is -2.20. The number of allylic oxidation sites excluding steroid dienone is 1. The van der Waals surface area contributed by atoms with E-state index in [4.69, 9.17) is 0 Å². The molecule has 6 nitrogen and oxygen atoms in total. The molecule has 5 rings (SSSR count). The highest BCUT2D eigenvalue weighted by molar-refractivity contribution is 6.01. The van der Waals surface area contributed by atoms with Crippen molar-refractivity contribution in [1.29, 1.82) is 0 Å². The van der Waals surface area contributed by atoms with Gasteiger partial charge in [0.2, 0.25) is 5.95 Å². The third-order valence-corrected chi connectivity index (χ3v) is 5.22. The lowest BCUT2D eigenvalue weighted by molar-refractivity contribution is -0.111. The average molecular weight is 437 g/mol. The van der Waals surface area contributed by atoms with E-state index in [0.717, 1.165) is 22.4 Å². The van der Waals surface area contributed by atoms with Gasteiger partial charge in [0.25, 0.3) is 11.9 Å². The molecule has 0 fully saturated rings. The summed E-state index contributed by atoms with van der Waals surface area (Å²) in [6, 6.07) is 25.3. The minimum absolute atomic E-state index is 0.176. The Labute approximate surface area is 190 Å². The van der Waals surface area contributed by atoms with Crippen LogP contribution in [0.5, 0.6) is 0 Å². The highest BCUT2D eigenvalue weighted by Crippen LogP contribution is 2.33. The molecule has 0 radical (unpaired) electrons. The Morgan fingerprint density at radius 1 is 0.970 bits per heavy atom. The van der Waals surface area contributed by atoms with Crippen LogP contribution >= 0.6 is 0 Å². The first-order valence-corrected chi connectivity index (χ1v) is 10.5. The first-order valence-electron chi connectivity index (χ1n) is 10.5. The molecule has 1 unspecified atom stereocenters. The van der Waals surface area contributed by atoms with Crippen LogP contribution in [0, 0.1) is 5.82 Å². The van der Waals surface area contributed by atoms with Crippen LogP contribution in [0.3, 0.4) is 0 Å². The van der Waals surface area contributed by atoms with Crippen molar-refractivity contribution in [2.24, 2.45) is 0 Å². The summed E-state index contributed by atoms with van der Waals surface area (Å²) in [4.78, 5) is 16.9. The van der Waals surface area contributed by atoms with Gasteiger partial charge < -0.3 is 5.32 Å². The van der Waals surface area contributed by atoms with Crippen LogP contribution in [0.15, 0.2) is 97.1 Å². The quantitative estimate of drug-likeness (QED) is 0.425. The lowest BCUT2D eigenvalue weighted by Gasteiger charge is -2.24. The average Bonchev–Trinajstić information content (AvgIpc) is 3.26. The molecule has 3 aromatic carbocycles. The van der Waals surface area contributed by atoms with Gasteiger partial charge in [0.1, 0.15) is 11.9 Å². The van der Waals surface area contributed by atoms with Crippen molar-refractivity contribution in [3.8, 4) is 0 Å². The van der Waals surface area contributed by atoms with Crippen molar-refractivity contribution >= 4 is 29.6 Å². The summed E-state index contributed by atoms with van der Waals surface area (Å²) in [5.74, 6) is 0.0105. The Kier molecular flexibility index (Phi) is 5.51. The van der Waals surface area contributed by atoms with Crippen molar-refractivity contribution in [2.75, 3.05) is 10.6 Å². The normalized spacial score (nSPS) is 14.9. The third kappa shape index (κ3) is 4.57. The minimum Gasteiger partial charge on any atom is -0.324 e.